The molecule has 1 unspecified atom stereocenters. The number of carboxylic acids is 1. The van der Waals surface area contributed by atoms with E-state index in [-0.39, 0.29) is 43.9 Å². The average molecular weight is 483 g/mol. The van der Waals surface area contributed by atoms with E-state index in [4.69, 9.17) is 9.84 Å². The summed E-state index contributed by atoms with van der Waals surface area (Å²) < 4.78 is 18.2. The lowest BCUT2D eigenvalue weighted by Crippen LogP contribution is -2.51. The van der Waals surface area contributed by atoms with Crippen molar-refractivity contribution in [3.8, 4) is 11.1 Å². The monoisotopic (exact) mass is 482 g/mol. The van der Waals surface area contributed by atoms with Gasteiger partial charge in [-0.25, -0.2) is 4.79 Å². The highest BCUT2D eigenvalue weighted by molar-refractivity contribution is 5.86. The maximum Gasteiger partial charge on any atom is 0.407 e. The van der Waals surface area contributed by atoms with E-state index in [1.807, 2.05) is 48.5 Å². The Hall–Kier alpha value is -3.42. The molecule has 1 atom stereocenters. The Kier molecular flexibility index (Phi) is 8.00. The molecule has 0 aromatic heterocycles. The Morgan fingerprint density at radius 3 is 2.20 bits per heavy atom. The lowest BCUT2D eigenvalue weighted by molar-refractivity contribution is -0.138. The third-order valence-corrected chi connectivity index (χ3v) is 7.02. The third kappa shape index (κ3) is 5.81. The third-order valence-electron chi connectivity index (χ3n) is 7.02. The van der Waals surface area contributed by atoms with Gasteiger partial charge in [0.05, 0.1) is 6.67 Å². The number of piperidine rings is 1. The van der Waals surface area contributed by atoms with Crippen LogP contribution in [-0.2, 0) is 14.3 Å². The first-order valence-electron chi connectivity index (χ1n) is 12.2. The first-order valence-corrected chi connectivity index (χ1v) is 12.2. The molecule has 2 aliphatic rings. The summed E-state index contributed by atoms with van der Waals surface area (Å²) in [5.41, 5.74) is 4.39. The SMILES string of the molecule is O=C(O)CCC(NC(=O)OCC1c2ccccc2-c2ccccc21)C(=O)N1CCC(CCF)CC1. The number of hydrogen-bond donors (Lipinski definition) is 2. The van der Waals surface area contributed by atoms with Crippen molar-refractivity contribution in [2.45, 2.75) is 44.1 Å². The zero-order valence-electron chi connectivity index (χ0n) is 19.6. The Bertz CT molecular complexity index is 1020. The number of benzene rings is 2. The van der Waals surface area contributed by atoms with Crippen molar-refractivity contribution in [3.63, 3.8) is 0 Å². The molecule has 4 rings (SSSR count). The number of carboxylic acid groups (broad SMARTS) is 1. The van der Waals surface area contributed by atoms with Gasteiger partial charge >= 0.3 is 12.1 Å². The van der Waals surface area contributed by atoms with Crippen LogP contribution in [0.2, 0.25) is 0 Å². The molecule has 2 amide bonds. The minimum absolute atomic E-state index is 0.0250. The summed E-state index contributed by atoms with van der Waals surface area (Å²) in [5, 5.41) is 11.7. The average Bonchev–Trinajstić information content (AvgIpc) is 3.19. The summed E-state index contributed by atoms with van der Waals surface area (Å²) in [7, 11) is 0. The predicted molar refractivity (Wildman–Crippen MR) is 129 cm³/mol. The molecule has 0 saturated carbocycles. The number of nitrogens with one attached hydrogen (secondary N) is 1. The minimum Gasteiger partial charge on any atom is -0.481 e. The van der Waals surface area contributed by atoms with Crippen LogP contribution in [0.15, 0.2) is 48.5 Å². The Morgan fingerprint density at radius 1 is 1.03 bits per heavy atom. The summed E-state index contributed by atoms with van der Waals surface area (Å²) in [6.07, 6.45) is 0.866. The van der Waals surface area contributed by atoms with E-state index < -0.39 is 18.1 Å². The van der Waals surface area contributed by atoms with Crippen molar-refractivity contribution < 1.29 is 28.6 Å². The molecular weight excluding hydrogens is 451 g/mol. The van der Waals surface area contributed by atoms with Gasteiger partial charge < -0.3 is 20.1 Å². The number of amides is 2. The van der Waals surface area contributed by atoms with E-state index in [1.165, 1.54) is 0 Å². The fraction of sp³-hybridized carbons (Fsp3) is 0.444. The highest BCUT2D eigenvalue weighted by atomic mass is 19.1. The van der Waals surface area contributed by atoms with E-state index >= 15 is 0 Å². The predicted octanol–water partition coefficient (Wildman–Crippen LogP) is 4.36. The molecule has 2 N–H and O–H groups in total. The van der Waals surface area contributed by atoms with Crippen molar-refractivity contribution in [3.05, 3.63) is 59.7 Å². The van der Waals surface area contributed by atoms with Crippen LogP contribution in [0.5, 0.6) is 0 Å². The number of hydrogen-bond acceptors (Lipinski definition) is 4. The molecule has 1 aliphatic heterocycles. The van der Waals surface area contributed by atoms with Crippen molar-refractivity contribution in [2.75, 3.05) is 26.4 Å². The van der Waals surface area contributed by atoms with Crippen LogP contribution < -0.4 is 5.32 Å². The molecule has 35 heavy (non-hydrogen) atoms. The molecule has 1 saturated heterocycles. The standard InChI is InChI=1S/C27H31FN2O5/c28-14-11-18-12-15-30(16-13-18)26(33)24(9-10-25(31)32)29-27(34)35-17-23-21-7-3-1-5-19(21)20-6-2-4-8-22(20)23/h1-8,18,23-24H,9-17H2,(H,29,34)(H,31,32). The first kappa shape index (κ1) is 24.7. The van der Waals surface area contributed by atoms with Crippen molar-refractivity contribution >= 4 is 18.0 Å². The smallest absolute Gasteiger partial charge is 0.407 e. The highest BCUT2D eigenvalue weighted by Gasteiger charge is 2.32. The molecule has 1 fully saturated rings. The number of alkyl halides is 1. The first-order chi connectivity index (χ1) is 17.0. The lowest BCUT2D eigenvalue weighted by atomic mass is 9.93. The van der Waals surface area contributed by atoms with Crippen LogP contribution in [-0.4, -0.2) is 60.4 Å². The Labute approximate surface area is 204 Å². The van der Waals surface area contributed by atoms with Crippen molar-refractivity contribution in [1.29, 1.82) is 0 Å². The molecule has 0 spiro atoms. The van der Waals surface area contributed by atoms with Crippen molar-refractivity contribution in [1.82, 2.24) is 10.2 Å². The number of halogens is 1. The van der Waals surface area contributed by atoms with Crippen molar-refractivity contribution in [2.24, 2.45) is 5.92 Å². The highest BCUT2D eigenvalue weighted by Crippen LogP contribution is 2.44. The molecule has 0 radical (unpaired) electrons. The zero-order chi connectivity index (χ0) is 24.8. The van der Waals surface area contributed by atoms with E-state index in [0.717, 1.165) is 22.3 Å². The van der Waals surface area contributed by atoms with Gasteiger partial charge in [-0.3, -0.25) is 14.0 Å². The number of likely N-dealkylation sites (tertiary alicyclic amines) is 1. The molecule has 1 heterocycles. The molecule has 1 aliphatic carbocycles. The summed E-state index contributed by atoms with van der Waals surface area (Å²) in [6, 6.07) is 15.0. The van der Waals surface area contributed by atoms with Crippen LogP contribution in [0.1, 0.15) is 49.1 Å². The van der Waals surface area contributed by atoms with E-state index in [2.05, 4.69) is 5.32 Å². The largest absolute Gasteiger partial charge is 0.481 e. The molecule has 2 aromatic carbocycles. The zero-order valence-corrected chi connectivity index (χ0v) is 19.6. The van der Waals surface area contributed by atoms with Gasteiger partial charge in [0, 0.05) is 25.4 Å². The quantitative estimate of drug-likeness (QED) is 0.554. The molecular formula is C27H31FN2O5. The number of ether oxygens (including phenoxy) is 1. The van der Waals surface area contributed by atoms with Crippen LogP contribution in [0.25, 0.3) is 11.1 Å². The topological polar surface area (TPSA) is 95.9 Å². The number of fused-ring (bicyclic) bond motifs is 3. The Morgan fingerprint density at radius 2 is 1.63 bits per heavy atom. The summed E-state index contributed by atoms with van der Waals surface area (Å²) in [5.74, 6) is -1.23. The number of carbonyl (C=O) groups is 3. The number of rotatable bonds is 9. The van der Waals surface area contributed by atoms with Crippen LogP contribution >= 0.6 is 0 Å². The fourth-order valence-corrected chi connectivity index (χ4v) is 5.12. The second kappa shape index (κ2) is 11.3. The van der Waals surface area contributed by atoms with E-state index in [0.29, 0.717) is 32.4 Å². The molecule has 8 heteroatoms. The maximum atomic E-state index is 13.1. The Balaban J connectivity index is 1.39. The number of carbonyl (C=O) groups excluding carboxylic acids is 2. The molecule has 186 valence electrons. The number of aliphatic carboxylic acids is 1. The second-order valence-corrected chi connectivity index (χ2v) is 9.20. The second-order valence-electron chi connectivity index (χ2n) is 9.20. The lowest BCUT2D eigenvalue weighted by Gasteiger charge is -2.34. The minimum atomic E-state index is -1.04. The maximum absolute atomic E-state index is 13.1. The molecule has 2 aromatic rings. The van der Waals surface area contributed by atoms with Gasteiger partial charge in [0.15, 0.2) is 0 Å². The molecule has 7 nitrogen and oxygen atoms in total. The van der Waals surface area contributed by atoms with Gasteiger partial charge in [0.25, 0.3) is 0 Å². The van der Waals surface area contributed by atoms with Gasteiger partial charge in [0.2, 0.25) is 5.91 Å². The normalized spacial score (nSPS) is 16.3. The van der Waals surface area contributed by atoms with Gasteiger partial charge in [0.1, 0.15) is 12.6 Å². The van der Waals surface area contributed by atoms with E-state index in [9.17, 15) is 18.8 Å². The summed E-state index contributed by atoms with van der Waals surface area (Å²) in [4.78, 5) is 38.6. The summed E-state index contributed by atoms with van der Waals surface area (Å²) >= 11 is 0. The number of alkyl carbamates (subject to hydrolysis) is 1. The van der Waals surface area contributed by atoms with E-state index in [1.54, 1.807) is 4.90 Å². The summed E-state index contributed by atoms with van der Waals surface area (Å²) in [6.45, 7) is 0.677. The van der Waals surface area contributed by atoms with Crippen LogP contribution in [0.3, 0.4) is 0 Å². The van der Waals surface area contributed by atoms with Gasteiger partial charge in [-0.05, 0) is 53.9 Å². The van der Waals surface area contributed by atoms with Crippen LogP contribution in [0.4, 0.5) is 9.18 Å². The fourth-order valence-electron chi connectivity index (χ4n) is 5.12. The van der Waals surface area contributed by atoms with Gasteiger partial charge in [-0.2, -0.15) is 0 Å². The van der Waals surface area contributed by atoms with Crippen LogP contribution in [0, 0.1) is 5.92 Å². The number of nitrogens with zero attached hydrogens (tertiary/aromatic N) is 1. The molecule has 0 bridgehead atoms. The van der Waals surface area contributed by atoms with Gasteiger partial charge in [-0.1, -0.05) is 48.5 Å². The van der Waals surface area contributed by atoms with Gasteiger partial charge in [-0.15, -0.1) is 0 Å².